The number of rotatable bonds is 4. The molecule has 2 atom stereocenters. The topological polar surface area (TPSA) is 54.9 Å². The van der Waals surface area contributed by atoms with Gasteiger partial charge in [-0.2, -0.15) is 0 Å². The monoisotopic (exact) mass is 387 g/mol. The van der Waals surface area contributed by atoms with E-state index in [9.17, 15) is 9.18 Å². The summed E-state index contributed by atoms with van der Waals surface area (Å²) in [6.07, 6.45) is 1.56. The third-order valence-electron chi connectivity index (χ3n) is 5.70. The number of morpholine rings is 1. The summed E-state index contributed by atoms with van der Waals surface area (Å²) in [6.45, 7) is 9.20. The Labute approximate surface area is 164 Å². The summed E-state index contributed by atoms with van der Waals surface area (Å²) in [5.41, 5.74) is 1.80. The summed E-state index contributed by atoms with van der Waals surface area (Å²) in [5.74, 6) is -0.336. The van der Waals surface area contributed by atoms with Crippen LogP contribution < -0.4 is 4.90 Å². The zero-order valence-corrected chi connectivity index (χ0v) is 16.4. The number of pyridine rings is 1. The van der Waals surface area contributed by atoms with Gasteiger partial charge in [0.15, 0.2) is 0 Å². The standard InChI is InChI=1S/C21H26FN3O3/c1-3-28-21(26)17-11-23-18-5-4-15(22)10-16(18)20(17)25-12-14(2)19(13-25)24-6-8-27-9-7-24/h4-5,10-11,14,19H,3,6-9,12-13H2,1-2H3. The molecule has 2 saturated heterocycles. The van der Waals surface area contributed by atoms with Crippen molar-refractivity contribution in [3.05, 3.63) is 35.8 Å². The Morgan fingerprint density at radius 2 is 2.11 bits per heavy atom. The highest BCUT2D eigenvalue weighted by atomic mass is 19.1. The number of esters is 1. The third kappa shape index (κ3) is 3.56. The minimum atomic E-state index is -0.418. The van der Waals surface area contributed by atoms with Crippen LogP contribution in [0.15, 0.2) is 24.4 Å². The van der Waals surface area contributed by atoms with Crippen LogP contribution >= 0.6 is 0 Å². The summed E-state index contributed by atoms with van der Waals surface area (Å²) in [5, 5.41) is 0.653. The number of carbonyl (C=O) groups is 1. The smallest absolute Gasteiger partial charge is 0.341 e. The Morgan fingerprint density at radius 3 is 2.86 bits per heavy atom. The Bertz CT molecular complexity index is 869. The van der Waals surface area contributed by atoms with Gasteiger partial charge in [0.05, 0.1) is 31.0 Å². The first-order chi connectivity index (χ1) is 13.6. The second kappa shape index (κ2) is 8.01. The van der Waals surface area contributed by atoms with Gasteiger partial charge in [-0.1, -0.05) is 6.92 Å². The zero-order chi connectivity index (χ0) is 19.7. The van der Waals surface area contributed by atoms with Gasteiger partial charge in [-0.3, -0.25) is 9.88 Å². The van der Waals surface area contributed by atoms with E-state index in [4.69, 9.17) is 9.47 Å². The molecular formula is C21H26FN3O3. The van der Waals surface area contributed by atoms with E-state index < -0.39 is 5.97 Å². The van der Waals surface area contributed by atoms with E-state index >= 15 is 0 Å². The zero-order valence-electron chi connectivity index (χ0n) is 16.4. The SMILES string of the molecule is CCOC(=O)c1cnc2ccc(F)cc2c1N1CC(C)C(N2CCOCC2)C1. The Hall–Kier alpha value is -2.25. The number of halogens is 1. The highest BCUT2D eigenvalue weighted by Crippen LogP contribution is 2.35. The molecule has 2 aliphatic rings. The quantitative estimate of drug-likeness (QED) is 0.752. The minimum Gasteiger partial charge on any atom is -0.462 e. The Balaban J connectivity index is 1.74. The van der Waals surface area contributed by atoms with Gasteiger partial charge in [-0.15, -0.1) is 0 Å². The van der Waals surface area contributed by atoms with Crippen LogP contribution in [0.5, 0.6) is 0 Å². The van der Waals surface area contributed by atoms with Crippen LogP contribution in [-0.4, -0.2) is 67.9 Å². The van der Waals surface area contributed by atoms with Gasteiger partial charge in [-0.05, 0) is 31.0 Å². The molecule has 6 nitrogen and oxygen atoms in total. The number of anilines is 1. The normalized spacial score (nSPS) is 23.3. The second-order valence-electron chi connectivity index (χ2n) is 7.50. The van der Waals surface area contributed by atoms with Gasteiger partial charge in [0, 0.05) is 43.8 Å². The fraction of sp³-hybridized carbons (Fsp3) is 0.524. The maximum atomic E-state index is 14.0. The number of hydrogen-bond donors (Lipinski definition) is 0. The fourth-order valence-corrected chi connectivity index (χ4v) is 4.37. The van der Waals surface area contributed by atoms with E-state index in [1.54, 1.807) is 19.2 Å². The minimum absolute atomic E-state index is 0.284. The fourth-order valence-electron chi connectivity index (χ4n) is 4.37. The molecule has 28 heavy (non-hydrogen) atoms. The summed E-state index contributed by atoms with van der Waals surface area (Å²) < 4.78 is 24.8. The maximum Gasteiger partial charge on any atom is 0.341 e. The first kappa shape index (κ1) is 19.1. The van der Waals surface area contributed by atoms with Crippen molar-refractivity contribution in [1.29, 1.82) is 0 Å². The maximum absolute atomic E-state index is 14.0. The number of ether oxygens (including phenoxy) is 2. The predicted molar refractivity (Wildman–Crippen MR) is 105 cm³/mol. The van der Waals surface area contributed by atoms with Crippen molar-refractivity contribution < 1.29 is 18.7 Å². The Kier molecular flexibility index (Phi) is 5.46. The highest BCUT2D eigenvalue weighted by Gasteiger charge is 2.36. The van der Waals surface area contributed by atoms with Gasteiger partial charge < -0.3 is 14.4 Å². The molecule has 0 spiro atoms. The van der Waals surface area contributed by atoms with Crippen molar-refractivity contribution >= 4 is 22.6 Å². The van der Waals surface area contributed by atoms with Gasteiger partial charge in [0.1, 0.15) is 11.4 Å². The van der Waals surface area contributed by atoms with Crippen LogP contribution in [0, 0.1) is 11.7 Å². The van der Waals surface area contributed by atoms with Crippen LogP contribution in [-0.2, 0) is 9.47 Å². The first-order valence-corrected chi connectivity index (χ1v) is 9.90. The van der Waals surface area contributed by atoms with Crippen molar-refractivity contribution in [1.82, 2.24) is 9.88 Å². The molecule has 4 rings (SSSR count). The molecule has 1 aromatic heterocycles. The van der Waals surface area contributed by atoms with Crippen LogP contribution in [0.1, 0.15) is 24.2 Å². The van der Waals surface area contributed by atoms with Gasteiger partial charge in [-0.25, -0.2) is 9.18 Å². The van der Waals surface area contributed by atoms with Crippen LogP contribution in [0.25, 0.3) is 10.9 Å². The van der Waals surface area contributed by atoms with E-state index in [1.807, 2.05) is 0 Å². The second-order valence-corrected chi connectivity index (χ2v) is 7.50. The molecule has 0 radical (unpaired) electrons. The molecule has 7 heteroatoms. The van der Waals surface area contributed by atoms with Crippen molar-refractivity contribution in [2.75, 3.05) is 50.9 Å². The molecule has 0 N–H and O–H groups in total. The van der Waals surface area contributed by atoms with Crippen molar-refractivity contribution in [2.45, 2.75) is 19.9 Å². The molecule has 0 saturated carbocycles. The molecule has 150 valence electrons. The van der Waals surface area contributed by atoms with E-state index in [0.717, 1.165) is 45.1 Å². The van der Waals surface area contributed by atoms with Crippen molar-refractivity contribution in [2.24, 2.45) is 5.92 Å². The molecule has 0 amide bonds. The lowest BCUT2D eigenvalue weighted by molar-refractivity contribution is 0.0134. The molecule has 3 heterocycles. The molecule has 2 unspecified atom stereocenters. The highest BCUT2D eigenvalue weighted by molar-refractivity contribution is 6.05. The molecule has 0 bridgehead atoms. The number of nitrogens with zero attached hydrogens (tertiary/aromatic N) is 3. The first-order valence-electron chi connectivity index (χ1n) is 9.90. The van der Waals surface area contributed by atoms with Gasteiger partial charge in [0.2, 0.25) is 0 Å². The number of fused-ring (bicyclic) bond motifs is 1. The number of aromatic nitrogens is 1. The molecule has 2 fully saturated rings. The van der Waals surface area contributed by atoms with Crippen LogP contribution in [0.2, 0.25) is 0 Å². The molecule has 2 aromatic rings. The van der Waals surface area contributed by atoms with E-state index in [0.29, 0.717) is 28.4 Å². The lowest BCUT2D eigenvalue weighted by Gasteiger charge is -2.34. The number of carbonyl (C=O) groups excluding carboxylic acids is 1. The number of hydrogen-bond acceptors (Lipinski definition) is 6. The molecule has 1 aromatic carbocycles. The predicted octanol–water partition coefficient (Wildman–Crippen LogP) is 2.71. The summed E-state index contributed by atoms with van der Waals surface area (Å²) >= 11 is 0. The van der Waals surface area contributed by atoms with Crippen molar-refractivity contribution in [3.8, 4) is 0 Å². The average molecular weight is 387 g/mol. The van der Waals surface area contributed by atoms with Crippen molar-refractivity contribution in [3.63, 3.8) is 0 Å². The lowest BCUT2D eigenvalue weighted by atomic mass is 10.0. The lowest BCUT2D eigenvalue weighted by Crippen LogP contribution is -2.46. The third-order valence-corrected chi connectivity index (χ3v) is 5.70. The van der Waals surface area contributed by atoms with Gasteiger partial charge >= 0.3 is 5.97 Å². The van der Waals surface area contributed by atoms with Gasteiger partial charge in [0.25, 0.3) is 0 Å². The average Bonchev–Trinajstić information content (AvgIpc) is 3.09. The molecular weight excluding hydrogens is 361 g/mol. The Morgan fingerprint density at radius 1 is 1.32 bits per heavy atom. The number of benzene rings is 1. The summed E-state index contributed by atoms with van der Waals surface area (Å²) in [6, 6.07) is 4.89. The summed E-state index contributed by atoms with van der Waals surface area (Å²) in [7, 11) is 0. The van der Waals surface area contributed by atoms with E-state index in [2.05, 4.69) is 21.7 Å². The van der Waals surface area contributed by atoms with E-state index in [1.165, 1.54) is 12.1 Å². The molecule has 0 aliphatic carbocycles. The van der Waals surface area contributed by atoms with Crippen LogP contribution in [0.4, 0.5) is 10.1 Å². The van der Waals surface area contributed by atoms with E-state index in [-0.39, 0.29) is 12.4 Å². The summed E-state index contributed by atoms with van der Waals surface area (Å²) in [4.78, 5) is 21.6. The largest absolute Gasteiger partial charge is 0.462 e. The van der Waals surface area contributed by atoms with Crippen LogP contribution in [0.3, 0.4) is 0 Å². The molecule has 2 aliphatic heterocycles.